The number of alkyl halides is 3. The number of nitrogens with two attached hydrogens (primary N) is 1. The van der Waals surface area contributed by atoms with Gasteiger partial charge in [-0.25, -0.2) is 18.9 Å². The van der Waals surface area contributed by atoms with Crippen LogP contribution in [-0.2, 0) is 12.7 Å². The Balaban J connectivity index is 1.93. The van der Waals surface area contributed by atoms with Gasteiger partial charge in [0.05, 0.1) is 30.3 Å². The Morgan fingerprint density at radius 2 is 2.00 bits per heavy atom. The standard InChI is InChI=1S/C18H12F3N5O2/c1-28-11-6-7-13-14(8-11)26-16(15(22)23-13)24-25(17(26)27)9-10-4-2-3-5-12(10)18(19,20)21/h4-8H,9H2,1H3,(H2,22,23). The third-order valence-electron chi connectivity index (χ3n) is 4.25. The molecule has 0 fully saturated rings. The lowest BCUT2D eigenvalue weighted by molar-refractivity contribution is -0.138. The molecule has 4 rings (SSSR count). The normalized spacial score (nSPS) is 11.7. The Bertz CT molecular complexity index is 1260. The van der Waals surface area contributed by atoms with Crippen LogP contribution in [0.5, 0.6) is 5.75 Å². The summed E-state index contributed by atoms with van der Waals surface area (Å²) >= 11 is 0. The molecule has 0 atom stereocenters. The zero-order valence-electron chi connectivity index (χ0n) is 14.4. The first kappa shape index (κ1) is 17.7. The molecule has 2 aromatic carbocycles. The molecule has 0 bridgehead atoms. The zero-order valence-corrected chi connectivity index (χ0v) is 14.4. The van der Waals surface area contributed by atoms with Crippen LogP contribution in [0.25, 0.3) is 16.7 Å². The molecule has 0 spiro atoms. The zero-order chi connectivity index (χ0) is 20.1. The molecule has 0 unspecified atom stereocenters. The Morgan fingerprint density at radius 3 is 2.71 bits per heavy atom. The summed E-state index contributed by atoms with van der Waals surface area (Å²) in [6, 6.07) is 11.5. The Morgan fingerprint density at radius 1 is 1.25 bits per heavy atom. The number of anilines is 1. The largest absolute Gasteiger partial charge is 0.497 e. The van der Waals surface area contributed by atoms with Gasteiger partial charge in [-0.15, -0.1) is 5.10 Å². The van der Waals surface area contributed by atoms with Crippen molar-refractivity contribution in [1.29, 1.82) is 0 Å². The van der Waals surface area contributed by atoms with Crippen LogP contribution in [0.3, 0.4) is 0 Å². The molecule has 0 saturated heterocycles. The Kier molecular flexibility index (Phi) is 3.88. The number of halogens is 3. The number of nitrogen functional groups attached to an aromatic ring is 1. The second kappa shape index (κ2) is 6.16. The van der Waals surface area contributed by atoms with E-state index in [4.69, 9.17) is 10.5 Å². The summed E-state index contributed by atoms with van der Waals surface area (Å²) in [5.74, 6) is 0.463. The molecule has 0 amide bonds. The first-order valence-corrected chi connectivity index (χ1v) is 8.00. The molecule has 4 aromatic rings. The van der Waals surface area contributed by atoms with Crippen molar-refractivity contribution in [3.63, 3.8) is 0 Å². The number of benzene rings is 1. The van der Waals surface area contributed by atoms with Gasteiger partial charge in [0.2, 0.25) is 5.65 Å². The highest BCUT2D eigenvalue weighted by atomic mass is 19.4. The molecule has 0 radical (unpaired) electrons. The van der Waals surface area contributed by atoms with E-state index in [9.17, 15) is 18.0 Å². The van der Waals surface area contributed by atoms with Crippen LogP contribution in [0.2, 0.25) is 0 Å². The van der Waals surface area contributed by atoms with Gasteiger partial charge >= 0.3 is 11.9 Å². The summed E-state index contributed by atoms with van der Waals surface area (Å²) in [5, 5.41) is 4.08. The van der Waals surface area contributed by atoms with Crippen molar-refractivity contribution in [2.75, 3.05) is 12.8 Å². The van der Waals surface area contributed by atoms with Crippen LogP contribution >= 0.6 is 0 Å². The summed E-state index contributed by atoms with van der Waals surface area (Å²) in [6.07, 6.45) is -4.59. The van der Waals surface area contributed by atoms with Gasteiger partial charge in [-0.1, -0.05) is 12.1 Å². The van der Waals surface area contributed by atoms with E-state index in [-0.39, 0.29) is 17.0 Å². The summed E-state index contributed by atoms with van der Waals surface area (Å²) < 4.78 is 46.9. The maximum Gasteiger partial charge on any atom is 0.417 e. The summed E-state index contributed by atoms with van der Waals surface area (Å²) in [7, 11) is 1.47. The quantitative estimate of drug-likeness (QED) is 0.583. The fourth-order valence-corrected chi connectivity index (χ4v) is 2.95. The second-order valence-electron chi connectivity index (χ2n) is 5.96. The Hall–Kier alpha value is -3.74. The molecule has 142 valence electrons. The highest BCUT2D eigenvalue weighted by Gasteiger charge is 2.33. The van der Waals surface area contributed by atoms with E-state index in [0.29, 0.717) is 16.8 Å². The second-order valence-corrected chi connectivity index (χ2v) is 5.96. The average molecular weight is 387 g/mol. The van der Waals surface area contributed by atoms with Crippen molar-refractivity contribution in [3.05, 3.63) is 64.1 Å². The molecule has 0 aliphatic heterocycles. The van der Waals surface area contributed by atoms with Crippen molar-refractivity contribution >= 4 is 22.5 Å². The van der Waals surface area contributed by atoms with Gasteiger partial charge in [0.1, 0.15) is 5.75 Å². The molecule has 10 heteroatoms. The predicted octanol–water partition coefficient (Wildman–Crippen LogP) is 2.30. The van der Waals surface area contributed by atoms with Crippen LogP contribution in [0.4, 0.5) is 19.0 Å². The highest BCUT2D eigenvalue weighted by molar-refractivity contribution is 5.82. The summed E-state index contributed by atoms with van der Waals surface area (Å²) in [5.41, 5.74) is 5.03. The molecule has 2 N–H and O–H groups in total. The smallest absolute Gasteiger partial charge is 0.417 e. The maximum absolute atomic E-state index is 13.2. The van der Waals surface area contributed by atoms with Crippen molar-refractivity contribution < 1.29 is 17.9 Å². The average Bonchev–Trinajstić information content (AvgIpc) is 2.99. The number of methoxy groups -OCH3 is 1. The number of fused-ring (bicyclic) bond motifs is 3. The number of aromatic nitrogens is 4. The number of hydrogen-bond donors (Lipinski definition) is 1. The van der Waals surface area contributed by atoms with E-state index in [0.717, 1.165) is 16.8 Å². The van der Waals surface area contributed by atoms with Gasteiger partial charge in [-0.2, -0.15) is 13.2 Å². The lowest BCUT2D eigenvalue weighted by Gasteiger charge is -2.10. The van der Waals surface area contributed by atoms with Crippen molar-refractivity contribution in [2.24, 2.45) is 0 Å². The van der Waals surface area contributed by atoms with E-state index in [1.165, 1.54) is 11.5 Å². The molecule has 2 aromatic heterocycles. The fraction of sp³-hybridized carbons (Fsp3) is 0.167. The summed E-state index contributed by atoms with van der Waals surface area (Å²) in [6.45, 7) is -0.411. The van der Waals surface area contributed by atoms with E-state index in [2.05, 4.69) is 22.2 Å². The van der Waals surface area contributed by atoms with E-state index >= 15 is 0 Å². The minimum absolute atomic E-state index is 0.0162. The lowest BCUT2D eigenvalue weighted by Crippen LogP contribution is -2.23. The van der Waals surface area contributed by atoms with Crippen molar-refractivity contribution in [2.45, 2.75) is 12.7 Å². The molecule has 0 saturated carbocycles. The monoisotopic (exact) mass is 387 g/mol. The SMILES string of the molecule is COc1ccc2nc(N)c3nn(Cc4cc#ccc4C(F)(F)F)c(=O)n3c2c1. The minimum atomic E-state index is -4.59. The Labute approximate surface area is 155 Å². The highest BCUT2D eigenvalue weighted by Crippen LogP contribution is 2.31. The fourth-order valence-electron chi connectivity index (χ4n) is 2.95. The van der Waals surface area contributed by atoms with Crippen LogP contribution in [0.1, 0.15) is 11.1 Å². The molecule has 7 nitrogen and oxygen atoms in total. The first-order chi connectivity index (χ1) is 13.3. The predicted molar refractivity (Wildman–Crippen MR) is 93.9 cm³/mol. The van der Waals surface area contributed by atoms with Gasteiger partial charge in [-0.05, 0) is 23.8 Å². The number of nitrogens with zero attached hydrogens (tertiary/aromatic N) is 4. The third-order valence-corrected chi connectivity index (χ3v) is 4.25. The van der Waals surface area contributed by atoms with Gasteiger partial charge in [0.15, 0.2) is 5.82 Å². The topological polar surface area (TPSA) is 87.4 Å². The summed E-state index contributed by atoms with van der Waals surface area (Å²) in [4.78, 5) is 17.1. The molecule has 2 heterocycles. The number of hydrogen-bond acceptors (Lipinski definition) is 5. The van der Waals surface area contributed by atoms with Gasteiger partial charge in [0, 0.05) is 12.1 Å². The first-order valence-electron chi connectivity index (χ1n) is 8.00. The van der Waals surface area contributed by atoms with Crippen LogP contribution in [0, 0.1) is 12.1 Å². The molecular weight excluding hydrogens is 375 g/mol. The van der Waals surface area contributed by atoms with E-state index in [1.807, 2.05) is 0 Å². The van der Waals surface area contributed by atoms with Crippen LogP contribution < -0.4 is 16.2 Å². The minimum Gasteiger partial charge on any atom is -0.497 e. The molecule has 0 aliphatic carbocycles. The van der Waals surface area contributed by atoms with E-state index in [1.54, 1.807) is 18.2 Å². The molecular formula is C18H12F3N5O2. The van der Waals surface area contributed by atoms with Crippen LogP contribution in [-0.4, -0.2) is 26.3 Å². The van der Waals surface area contributed by atoms with Crippen molar-refractivity contribution in [1.82, 2.24) is 19.2 Å². The molecule has 28 heavy (non-hydrogen) atoms. The lowest BCUT2D eigenvalue weighted by atomic mass is 10.1. The van der Waals surface area contributed by atoms with E-state index < -0.39 is 24.0 Å². The maximum atomic E-state index is 13.2. The van der Waals surface area contributed by atoms with Gasteiger partial charge in [-0.3, -0.25) is 0 Å². The number of ether oxygens (including phenoxy) is 1. The third kappa shape index (κ3) is 2.77. The number of rotatable bonds is 3. The van der Waals surface area contributed by atoms with Crippen LogP contribution in [0.15, 0.2) is 35.1 Å². The van der Waals surface area contributed by atoms with Crippen molar-refractivity contribution in [3.8, 4) is 5.75 Å². The molecule has 0 aliphatic rings. The van der Waals surface area contributed by atoms with Gasteiger partial charge in [0.25, 0.3) is 0 Å². The van der Waals surface area contributed by atoms with Gasteiger partial charge < -0.3 is 10.5 Å².